The molecule has 6 heteroatoms. The van der Waals surface area contributed by atoms with E-state index in [1.807, 2.05) is 24.4 Å². The Morgan fingerprint density at radius 2 is 2.32 bits per heavy atom. The molecule has 0 aliphatic rings. The summed E-state index contributed by atoms with van der Waals surface area (Å²) in [6.07, 6.45) is 2.22. The number of hydrogen-bond donors (Lipinski definition) is 1. The second kappa shape index (κ2) is 6.37. The lowest BCUT2D eigenvalue weighted by Crippen LogP contribution is -2.33. The summed E-state index contributed by atoms with van der Waals surface area (Å²) in [7, 11) is 0. The minimum atomic E-state index is -0.199. The summed E-state index contributed by atoms with van der Waals surface area (Å²) in [5.41, 5.74) is 0.410. The number of carbonyl (C=O) groups excluding carboxylic acids is 1. The fraction of sp³-hybridized carbons (Fsp3) is 0.231. The zero-order valence-electron chi connectivity index (χ0n) is 10.2. The van der Waals surface area contributed by atoms with Crippen LogP contribution in [0.5, 0.6) is 0 Å². The first-order valence-corrected chi connectivity index (χ1v) is 7.34. The molecule has 1 atom stereocenters. The van der Waals surface area contributed by atoms with Crippen molar-refractivity contribution in [1.29, 1.82) is 0 Å². The Morgan fingerprint density at radius 3 is 2.95 bits per heavy atom. The second-order valence-electron chi connectivity index (χ2n) is 4.15. The molecular weight excluding hydrogens is 303 g/mol. The molecule has 1 unspecified atom stereocenters. The van der Waals surface area contributed by atoms with E-state index in [4.69, 9.17) is 23.2 Å². The Morgan fingerprint density at radius 1 is 1.53 bits per heavy atom. The minimum absolute atomic E-state index is 0.0422. The largest absolute Gasteiger partial charge is 0.349 e. The molecule has 0 saturated carbocycles. The van der Waals surface area contributed by atoms with Gasteiger partial charge in [0.15, 0.2) is 0 Å². The number of nitrogens with zero attached hydrogens (tertiary/aromatic N) is 1. The molecule has 0 radical (unpaired) electrons. The first-order chi connectivity index (χ1) is 9.06. The quantitative estimate of drug-likeness (QED) is 0.872. The van der Waals surface area contributed by atoms with E-state index in [1.54, 1.807) is 11.3 Å². The van der Waals surface area contributed by atoms with Gasteiger partial charge in [0, 0.05) is 23.5 Å². The van der Waals surface area contributed by atoms with Gasteiger partial charge in [-0.15, -0.1) is 11.3 Å². The molecule has 0 aliphatic heterocycles. The standard InChI is InChI=1S/C13H12Cl2N2OS/c1-8(5-10-3-2-4-19-10)17-13(18)9-6-11(14)12(15)16-7-9/h2-4,6-8H,5H2,1H3,(H,17,18). The summed E-state index contributed by atoms with van der Waals surface area (Å²) in [5.74, 6) is -0.199. The van der Waals surface area contributed by atoms with E-state index in [0.29, 0.717) is 5.56 Å². The third-order valence-corrected chi connectivity index (χ3v) is 4.11. The van der Waals surface area contributed by atoms with Gasteiger partial charge in [0.05, 0.1) is 10.6 Å². The van der Waals surface area contributed by atoms with Gasteiger partial charge in [-0.3, -0.25) is 4.79 Å². The van der Waals surface area contributed by atoms with Crippen LogP contribution >= 0.6 is 34.5 Å². The highest BCUT2D eigenvalue weighted by Crippen LogP contribution is 2.19. The Labute approximate surface area is 125 Å². The Balaban J connectivity index is 1.98. The van der Waals surface area contributed by atoms with Crippen molar-refractivity contribution in [2.24, 2.45) is 0 Å². The van der Waals surface area contributed by atoms with Gasteiger partial charge in [0.25, 0.3) is 5.91 Å². The summed E-state index contributed by atoms with van der Waals surface area (Å²) in [5, 5.41) is 5.40. The molecule has 2 aromatic rings. The first kappa shape index (κ1) is 14.3. The van der Waals surface area contributed by atoms with Crippen molar-refractivity contribution in [3.05, 3.63) is 50.4 Å². The molecule has 0 aromatic carbocycles. The van der Waals surface area contributed by atoms with Gasteiger partial charge in [-0.2, -0.15) is 0 Å². The van der Waals surface area contributed by atoms with Crippen molar-refractivity contribution in [3.8, 4) is 0 Å². The van der Waals surface area contributed by atoms with Crippen molar-refractivity contribution in [2.45, 2.75) is 19.4 Å². The Bertz CT molecular complexity index is 572. The number of pyridine rings is 1. The maximum Gasteiger partial charge on any atom is 0.253 e. The van der Waals surface area contributed by atoms with Gasteiger partial charge in [-0.1, -0.05) is 29.3 Å². The number of amides is 1. The lowest BCUT2D eigenvalue weighted by Gasteiger charge is -2.13. The van der Waals surface area contributed by atoms with Crippen LogP contribution in [0.25, 0.3) is 0 Å². The fourth-order valence-electron chi connectivity index (χ4n) is 1.63. The number of rotatable bonds is 4. The number of hydrogen-bond acceptors (Lipinski definition) is 3. The molecule has 19 heavy (non-hydrogen) atoms. The summed E-state index contributed by atoms with van der Waals surface area (Å²) >= 11 is 13.2. The molecule has 1 N–H and O–H groups in total. The van der Waals surface area contributed by atoms with Gasteiger partial charge >= 0.3 is 0 Å². The Kier molecular flexibility index (Phi) is 4.80. The highest BCUT2D eigenvalue weighted by atomic mass is 35.5. The van der Waals surface area contributed by atoms with Gasteiger partial charge < -0.3 is 5.32 Å². The maximum absolute atomic E-state index is 12.0. The third kappa shape index (κ3) is 3.93. The average molecular weight is 315 g/mol. The van der Waals surface area contributed by atoms with Crippen LogP contribution in [0.2, 0.25) is 10.2 Å². The molecule has 2 heterocycles. The van der Waals surface area contributed by atoms with Crippen LogP contribution < -0.4 is 5.32 Å². The van der Waals surface area contributed by atoms with Gasteiger partial charge in [-0.25, -0.2) is 4.98 Å². The highest BCUT2D eigenvalue weighted by molar-refractivity contribution is 7.09. The molecular formula is C13H12Cl2N2OS. The molecule has 0 spiro atoms. The summed E-state index contributed by atoms with van der Waals surface area (Å²) in [4.78, 5) is 17.1. The molecule has 2 aromatic heterocycles. The van der Waals surface area contributed by atoms with Gasteiger partial charge in [0.2, 0.25) is 0 Å². The SMILES string of the molecule is CC(Cc1cccs1)NC(=O)c1cnc(Cl)c(Cl)c1. The van der Waals surface area contributed by atoms with Crippen LogP contribution in [0.1, 0.15) is 22.2 Å². The van der Waals surface area contributed by atoms with E-state index in [2.05, 4.69) is 10.3 Å². The van der Waals surface area contributed by atoms with Crippen LogP contribution in [0.3, 0.4) is 0 Å². The molecule has 2 rings (SSSR count). The van der Waals surface area contributed by atoms with Gasteiger partial charge in [0.1, 0.15) is 5.15 Å². The predicted octanol–water partition coefficient (Wildman–Crippen LogP) is 3.81. The predicted molar refractivity (Wildman–Crippen MR) is 79.2 cm³/mol. The number of halogens is 2. The smallest absolute Gasteiger partial charge is 0.253 e. The van der Waals surface area contributed by atoms with Crippen molar-refractivity contribution < 1.29 is 4.79 Å². The van der Waals surface area contributed by atoms with E-state index in [-0.39, 0.29) is 22.1 Å². The number of aromatic nitrogens is 1. The molecule has 0 aliphatic carbocycles. The van der Waals surface area contributed by atoms with Crippen molar-refractivity contribution in [1.82, 2.24) is 10.3 Å². The normalized spacial score (nSPS) is 12.2. The highest BCUT2D eigenvalue weighted by Gasteiger charge is 2.12. The van der Waals surface area contributed by atoms with Crippen molar-refractivity contribution in [2.75, 3.05) is 0 Å². The number of carbonyl (C=O) groups is 1. The van der Waals surface area contributed by atoms with E-state index >= 15 is 0 Å². The zero-order valence-corrected chi connectivity index (χ0v) is 12.5. The van der Waals surface area contributed by atoms with Crippen LogP contribution in [-0.4, -0.2) is 16.9 Å². The van der Waals surface area contributed by atoms with Gasteiger partial charge in [-0.05, 0) is 24.4 Å². The Hall–Kier alpha value is -1.10. The lowest BCUT2D eigenvalue weighted by atomic mass is 10.2. The average Bonchev–Trinajstić information content (AvgIpc) is 2.85. The zero-order chi connectivity index (χ0) is 13.8. The molecule has 0 bridgehead atoms. The van der Waals surface area contributed by atoms with E-state index in [9.17, 15) is 4.79 Å². The fourth-order valence-corrected chi connectivity index (χ4v) is 2.74. The van der Waals surface area contributed by atoms with Crippen molar-refractivity contribution >= 4 is 40.4 Å². The molecule has 0 saturated heterocycles. The first-order valence-electron chi connectivity index (χ1n) is 5.70. The van der Waals surface area contributed by atoms with Crippen LogP contribution in [0.4, 0.5) is 0 Å². The number of thiophene rings is 1. The van der Waals surface area contributed by atoms with E-state index < -0.39 is 0 Å². The van der Waals surface area contributed by atoms with Crippen LogP contribution in [-0.2, 0) is 6.42 Å². The van der Waals surface area contributed by atoms with Crippen molar-refractivity contribution in [3.63, 3.8) is 0 Å². The van der Waals surface area contributed by atoms with E-state index in [0.717, 1.165) is 6.42 Å². The van der Waals surface area contributed by atoms with Crippen LogP contribution in [0.15, 0.2) is 29.8 Å². The molecule has 3 nitrogen and oxygen atoms in total. The summed E-state index contributed by atoms with van der Waals surface area (Å²) < 4.78 is 0. The monoisotopic (exact) mass is 314 g/mol. The number of nitrogens with one attached hydrogen (secondary N) is 1. The second-order valence-corrected chi connectivity index (χ2v) is 5.95. The van der Waals surface area contributed by atoms with Crippen LogP contribution in [0, 0.1) is 0 Å². The molecule has 100 valence electrons. The maximum atomic E-state index is 12.0. The molecule has 0 fully saturated rings. The van der Waals surface area contributed by atoms with E-state index in [1.165, 1.54) is 17.1 Å². The topological polar surface area (TPSA) is 42.0 Å². The summed E-state index contributed by atoms with van der Waals surface area (Å²) in [6.45, 7) is 1.96. The lowest BCUT2D eigenvalue weighted by molar-refractivity contribution is 0.0940. The molecule has 1 amide bonds. The minimum Gasteiger partial charge on any atom is -0.349 e. The third-order valence-electron chi connectivity index (χ3n) is 2.52. The summed E-state index contributed by atoms with van der Waals surface area (Å²) in [6, 6.07) is 5.61.